The van der Waals surface area contributed by atoms with Gasteiger partial charge in [0.1, 0.15) is 0 Å². The number of carbonyl (C=O) groups is 1. The van der Waals surface area contributed by atoms with E-state index in [1.807, 2.05) is 0 Å². The highest BCUT2D eigenvalue weighted by Gasteiger charge is 2.03. The minimum absolute atomic E-state index is 0.0794. The molecule has 0 saturated carbocycles. The summed E-state index contributed by atoms with van der Waals surface area (Å²) in [7, 11) is 1.43. The van der Waals surface area contributed by atoms with E-state index in [4.69, 9.17) is 5.11 Å². The van der Waals surface area contributed by atoms with Crippen LogP contribution in [0.15, 0.2) is 11.6 Å². The summed E-state index contributed by atoms with van der Waals surface area (Å²) in [4.78, 5) is 10.9. The summed E-state index contributed by atoms with van der Waals surface area (Å²) in [6.07, 6.45) is 1.64. The van der Waals surface area contributed by atoms with Gasteiger partial charge in [-0.15, -0.1) is 0 Å². The van der Waals surface area contributed by atoms with Crippen molar-refractivity contribution in [2.75, 3.05) is 7.11 Å². The molecule has 0 saturated heterocycles. The second kappa shape index (κ2) is 5.91. The molecule has 0 amide bonds. The van der Waals surface area contributed by atoms with Crippen LogP contribution in [-0.4, -0.2) is 24.3 Å². The zero-order chi connectivity index (χ0) is 9.56. The fraction of sp³-hybridized carbons (Fsp3) is 0.667. The number of allylic oxidation sites excluding steroid dienone is 1. The molecule has 1 unspecified atom stereocenters. The number of aliphatic hydroxyl groups is 1. The molecule has 1 N–H and O–H groups in total. The monoisotopic (exact) mass is 172 g/mol. The molecule has 12 heavy (non-hydrogen) atoms. The van der Waals surface area contributed by atoms with Gasteiger partial charge in [-0.05, 0) is 13.0 Å². The van der Waals surface area contributed by atoms with Gasteiger partial charge in [-0.2, -0.15) is 0 Å². The highest BCUT2D eigenvalue weighted by atomic mass is 16.6. The van der Waals surface area contributed by atoms with Gasteiger partial charge in [-0.3, -0.25) is 4.79 Å². The maximum atomic E-state index is 10.9. The van der Waals surface area contributed by atoms with Gasteiger partial charge >= 0.3 is 0 Å². The van der Waals surface area contributed by atoms with Crippen molar-refractivity contribution in [1.29, 1.82) is 0 Å². The van der Waals surface area contributed by atoms with Crippen molar-refractivity contribution in [3.05, 3.63) is 11.6 Å². The largest absolute Gasteiger partial charge is 0.368 e. The smallest absolute Gasteiger partial charge is 0.157 e. The topological polar surface area (TPSA) is 46.5 Å². The van der Waals surface area contributed by atoms with Crippen molar-refractivity contribution in [2.24, 2.45) is 0 Å². The van der Waals surface area contributed by atoms with E-state index in [9.17, 15) is 4.79 Å². The van der Waals surface area contributed by atoms with Crippen LogP contribution in [0.5, 0.6) is 0 Å². The molecule has 0 aromatic heterocycles. The fourth-order valence-electron chi connectivity index (χ4n) is 0.795. The first-order chi connectivity index (χ1) is 5.60. The molecule has 1 atom stereocenters. The van der Waals surface area contributed by atoms with Crippen LogP contribution in [0.25, 0.3) is 0 Å². The minimum Gasteiger partial charge on any atom is -0.368 e. The molecule has 3 nitrogen and oxygen atoms in total. The molecule has 70 valence electrons. The SMILES string of the molecule is CCC(=O)/C=C(\C)CC(O)OC. The Labute approximate surface area is 73.0 Å². The average Bonchev–Trinajstić information content (AvgIpc) is 2.03. The standard InChI is InChI=1S/C9H16O3/c1-4-8(10)5-7(2)6-9(11)12-3/h5,9,11H,4,6H2,1-3H3/b7-5+. The number of hydrogen-bond donors (Lipinski definition) is 1. The van der Waals surface area contributed by atoms with Crippen molar-refractivity contribution in [3.8, 4) is 0 Å². The van der Waals surface area contributed by atoms with Gasteiger partial charge in [0.15, 0.2) is 12.1 Å². The Hall–Kier alpha value is -0.670. The fourth-order valence-corrected chi connectivity index (χ4v) is 0.795. The lowest BCUT2D eigenvalue weighted by molar-refractivity contribution is -0.114. The Balaban J connectivity index is 3.93. The predicted molar refractivity (Wildman–Crippen MR) is 46.7 cm³/mol. The van der Waals surface area contributed by atoms with E-state index in [0.29, 0.717) is 12.8 Å². The Bertz CT molecular complexity index is 173. The summed E-state index contributed by atoms with van der Waals surface area (Å²) in [6.45, 7) is 3.61. The Morgan fingerprint density at radius 3 is 2.67 bits per heavy atom. The zero-order valence-corrected chi connectivity index (χ0v) is 7.83. The van der Waals surface area contributed by atoms with Crippen LogP contribution in [-0.2, 0) is 9.53 Å². The highest BCUT2D eigenvalue weighted by Crippen LogP contribution is 2.05. The molecule has 0 rings (SSSR count). The van der Waals surface area contributed by atoms with Gasteiger partial charge in [0.2, 0.25) is 0 Å². The summed E-state index contributed by atoms with van der Waals surface area (Å²) in [5.41, 5.74) is 0.844. The molecular formula is C9H16O3. The lowest BCUT2D eigenvalue weighted by Crippen LogP contribution is -2.09. The zero-order valence-electron chi connectivity index (χ0n) is 7.83. The van der Waals surface area contributed by atoms with Gasteiger partial charge in [0.25, 0.3) is 0 Å². The molecule has 0 aliphatic rings. The number of ether oxygens (including phenoxy) is 1. The van der Waals surface area contributed by atoms with E-state index in [2.05, 4.69) is 4.74 Å². The van der Waals surface area contributed by atoms with Crippen LogP contribution in [0, 0.1) is 0 Å². The van der Waals surface area contributed by atoms with E-state index in [1.165, 1.54) is 7.11 Å². The van der Waals surface area contributed by atoms with E-state index in [-0.39, 0.29) is 5.78 Å². The molecule has 0 spiro atoms. The Morgan fingerprint density at radius 2 is 2.25 bits per heavy atom. The molecule has 0 fully saturated rings. The molecule has 0 aliphatic heterocycles. The number of rotatable bonds is 5. The minimum atomic E-state index is -0.800. The van der Waals surface area contributed by atoms with Crippen molar-refractivity contribution >= 4 is 5.78 Å². The molecule has 3 heteroatoms. The van der Waals surface area contributed by atoms with Gasteiger partial charge in [0, 0.05) is 20.0 Å². The Morgan fingerprint density at radius 1 is 1.67 bits per heavy atom. The highest BCUT2D eigenvalue weighted by molar-refractivity contribution is 5.89. The van der Waals surface area contributed by atoms with Crippen molar-refractivity contribution in [2.45, 2.75) is 33.0 Å². The van der Waals surface area contributed by atoms with Crippen molar-refractivity contribution in [1.82, 2.24) is 0 Å². The normalized spacial score (nSPS) is 14.5. The Kier molecular flexibility index (Phi) is 5.58. The van der Waals surface area contributed by atoms with Crippen LogP contribution >= 0.6 is 0 Å². The van der Waals surface area contributed by atoms with Crippen LogP contribution in [0.4, 0.5) is 0 Å². The molecule has 0 aromatic rings. The number of aliphatic hydroxyl groups excluding tert-OH is 1. The third-order valence-corrected chi connectivity index (χ3v) is 1.52. The first kappa shape index (κ1) is 11.3. The first-order valence-corrected chi connectivity index (χ1v) is 4.01. The molecule has 0 aliphatic carbocycles. The summed E-state index contributed by atoms with van der Waals surface area (Å²) in [5, 5.41) is 9.04. The number of methoxy groups -OCH3 is 1. The lowest BCUT2D eigenvalue weighted by atomic mass is 10.1. The molecule has 0 aromatic carbocycles. The van der Waals surface area contributed by atoms with Gasteiger partial charge in [-0.1, -0.05) is 12.5 Å². The quantitative estimate of drug-likeness (QED) is 0.501. The molecule has 0 bridgehead atoms. The maximum absolute atomic E-state index is 10.9. The number of carbonyl (C=O) groups excluding carboxylic acids is 1. The second-order valence-corrected chi connectivity index (χ2v) is 2.71. The van der Waals surface area contributed by atoms with Crippen molar-refractivity contribution < 1.29 is 14.6 Å². The number of ketones is 1. The molecule has 0 heterocycles. The van der Waals surface area contributed by atoms with Crippen LogP contribution < -0.4 is 0 Å². The third-order valence-electron chi connectivity index (χ3n) is 1.52. The first-order valence-electron chi connectivity index (χ1n) is 4.01. The predicted octanol–water partition coefficient (Wildman–Crippen LogP) is 1.27. The molecule has 0 radical (unpaired) electrons. The van der Waals surface area contributed by atoms with Crippen molar-refractivity contribution in [3.63, 3.8) is 0 Å². The van der Waals surface area contributed by atoms with Crippen LogP contribution in [0.3, 0.4) is 0 Å². The third kappa shape index (κ3) is 5.04. The molecular weight excluding hydrogens is 156 g/mol. The maximum Gasteiger partial charge on any atom is 0.157 e. The van der Waals surface area contributed by atoms with E-state index in [1.54, 1.807) is 19.9 Å². The van der Waals surface area contributed by atoms with Gasteiger partial charge in [-0.25, -0.2) is 0 Å². The summed E-state index contributed by atoms with van der Waals surface area (Å²) in [5.74, 6) is 0.0794. The summed E-state index contributed by atoms with van der Waals surface area (Å²) in [6, 6.07) is 0. The van der Waals surface area contributed by atoms with E-state index < -0.39 is 6.29 Å². The van der Waals surface area contributed by atoms with Gasteiger partial charge < -0.3 is 9.84 Å². The lowest BCUT2D eigenvalue weighted by Gasteiger charge is -2.07. The van der Waals surface area contributed by atoms with E-state index in [0.717, 1.165) is 5.57 Å². The second-order valence-electron chi connectivity index (χ2n) is 2.71. The van der Waals surface area contributed by atoms with Crippen LogP contribution in [0.2, 0.25) is 0 Å². The van der Waals surface area contributed by atoms with Gasteiger partial charge in [0.05, 0.1) is 0 Å². The summed E-state index contributed by atoms with van der Waals surface area (Å²) >= 11 is 0. The van der Waals surface area contributed by atoms with E-state index >= 15 is 0 Å². The number of hydrogen-bond acceptors (Lipinski definition) is 3. The van der Waals surface area contributed by atoms with Crippen LogP contribution in [0.1, 0.15) is 26.7 Å². The summed E-state index contributed by atoms with van der Waals surface area (Å²) < 4.78 is 4.64. The average molecular weight is 172 g/mol.